The smallest absolute Gasteiger partial charge is 0.227 e. The SMILES string of the molecule is CCCC(CN)C(=O)N(Cc1ccsc1)C1CC1. The van der Waals surface area contributed by atoms with Crippen molar-refractivity contribution >= 4 is 17.2 Å². The molecule has 1 heterocycles. The van der Waals surface area contributed by atoms with Gasteiger partial charge in [-0.3, -0.25) is 4.79 Å². The summed E-state index contributed by atoms with van der Waals surface area (Å²) >= 11 is 1.69. The summed E-state index contributed by atoms with van der Waals surface area (Å²) in [6.07, 6.45) is 4.23. The molecule has 1 unspecified atom stereocenters. The summed E-state index contributed by atoms with van der Waals surface area (Å²) in [5.41, 5.74) is 6.99. The largest absolute Gasteiger partial charge is 0.335 e. The second-order valence-corrected chi connectivity index (χ2v) is 5.83. The summed E-state index contributed by atoms with van der Waals surface area (Å²) in [7, 11) is 0. The molecule has 1 aromatic heterocycles. The molecule has 0 bridgehead atoms. The third-order valence-electron chi connectivity index (χ3n) is 3.47. The maximum atomic E-state index is 12.5. The zero-order chi connectivity index (χ0) is 13.0. The van der Waals surface area contributed by atoms with Crippen molar-refractivity contribution in [3.05, 3.63) is 22.4 Å². The first-order chi connectivity index (χ1) is 8.76. The molecule has 0 aromatic carbocycles. The van der Waals surface area contributed by atoms with Gasteiger partial charge in [0.05, 0.1) is 5.92 Å². The molecule has 100 valence electrons. The van der Waals surface area contributed by atoms with E-state index in [2.05, 4.69) is 28.7 Å². The molecule has 0 radical (unpaired) electrons. The average Bonchev–Trinajstić information content (AvgIpc) is 3.09. The minimum absolute atomic E-state index is 0.00855. The monoisotopic (exact) mass is 266 g/mol. The number of nitrogens with two attached hydrogens (primary N) is 1. The van der Waals surface area contributed by atoms with Gasteiger partial charge in [0.2, 0.25) is 5.91 Å². The molecule has 1 aliphatic carbocycles. The highest BCUT2D eigenvalue weighted by Gasteiger charge is 2.35. The highest BCUT2D eigenvalue weighted by atomic mass is 32.1. The van der Waals surface area contributed by atoms with Crippen molar-refractivity contribution < 1.29 is 4.79 Å². The number of amides is 1. The molecule has 1 amide bonds. The van der Waals surface area contributed by atoms with Gasteiger partial charge in [0, 0.05) is 19.1 Å². The van der Waals surface area contributed by atoms with Crippen molar-refractivity contribution in [1.29, 1.82) is 0 Å². The maximum Gasteiger partial charge on any atom is 0.227 e. The molecule has 1 atom stereocenters. The van der Waals surface area contributed by atoms with Gasteiger partial charge in [-0.15, -0.1) is 0 Å². The van der Waals surface area contributed by atoms with Crippen LogP contribution in [0.3, 0.4) is 0 Å². The molecule has 2 N–H and O–H groups in total. The Hall–Kier alpha value is -0.870. The van der Waals surface area contributed by atoms with Crippen LogP contribution >= 0.6 is 11.3 Å². The van der Waals surface area contributed by atoms with Crippen LogP contribution in [0.4, 0.5) is 0 Å². The Bertz CT molecular complexity index is 373. The van der Waals surface area contributed by atoms with Crippen LogP contribution in [-0.4, -0.2) is 23.4 Å². The second-order valence-electron chi connectivity index (χ2n) is 5.05. The third-order valence-corrected chi connectivity index (χ3v) is 4.21. The Morgan fingerprint density at radius 2 is 2.39 bits per heavy atom. The highest BCUT2D eigenvalue weighted by molar-refractivity contribution is 7.07. The van der Waals surface area contributed by atoms with Gasteiger partial charge >= 0.3 is 0 Å². The van der Waals surface area contributed by atoms with Gasteiger partial charge in [-0.1, -0.05) is 13.3 Å². The fraction of sp³-hybridized carbons (Fsp3) is 0.643. The third kappa shape index (κ3) is 3.33. The van der Waals surface area contributed by atoms with Crippen molar-refractivity contribution in [2.24, 2.45) is 11.7 Å². The van der Waals surface area contributed by atoms with E-state index in [1.807, 2.05) is 0 Å². The van der Waals surface area contributed by atoms with Crippen LogP contribution < -0.4 is 5.73 Å². The zero-order valence-corrected chi connectivity index (χ0v) is 11.8. The quantitative estimate of drug-likeness (QED) is 0.824. The van der Waals surface area contributed by atoms with Crippen molar-refractivity contribution in [3.63, 3.8) is 0 Å². The number of rotatable bonds is 7. The van der Waals surface area contributed by atoms with E-state index in [4.69, 9.17) is 5.73 Å². The lowest BCUT2D eigenvalue weighted by atomic mass is 10.0. The molecule has 1 aliphatic rings. The zero-order valence-electron chi connectivity index (χ0n) is 11.0. The van der Waals surface area contributed by atoms with Crippen LogP contribution in [0.15, 0.2) is 16.8 Å². The Balaban J connectivity index is 2.02. The number of hydrogen-bond donors (Lipinski definition) is 1. The Labute approximate surface area is 113 Å². The lowest BCUT2D eigenvalue weighted by molar-refractivity contribution is -0.136. The highest BCUT2D eigenvalue weighted by Crippen LogP contribution is 2.30. The molecule has 4 heteroatoms. The molecule has 3 nitrogen and oxygen atoms in total. The molecule has 0 aliphatic heterocycles. The first kappa shape index (κ1) is 13.6. The number of hydrogen-bond acceptors (Lipinski definition) is 3. The van der Waals surface area contributed by atoms with Crippen LogP contribution in [0, 0.1) is 5.92 Å². The van der Waals surface area contributed by atoms with Gasteiger partial charge in [-0.05, 0) is 41.7 Å². The van der Waals surface area contributed by atoms with Crippen LogP contribution in [0.5, 0.6) is 0 Å². The van der Waals surface area contributed by atoms with Gasteiger partial charge in [0.15, 0.2) is 0 Å². The molecule has 0 spiro atoms. The molecular formula is C14H22N2OS. The average molecular weight is 266 g/mol. The van der Waals surface area contributed by atoms with E-state index < -0.39 is 0 Å². The molecule has 2 rings (SSSR count). The predicted molar refractivity (Wildman–Crippen MR) is 75.3 cm³/mol. The van der Waals surface area contributed by atoms with Crippen molar-refractivity contribution in [2.45, 2.75) is 45.2 Å². The van der Waals surface area contributed by atoms with Gasteiger partial charge in [0.1, 0.15) is 0 Å². The first-order valence-corrected chi connectivity index (χ1v) is 7.72. The molecule has 1 saturated carbocycles. The molecule has 1 aromatic rings. The summed E-state index contributed by atoms with van der Waals surface area (Å²) < 4.78 is 0. The summed E-state index contributed by atoms with van der Waals surface area (Å²) in [5, 5.41) is 4.19. The molecule has 1 fully saturated rings. The Morgan fingerprint density at radius 3 is 2.89 bits per heavy atom. The number of nitrogens with zero attached hydrogens (tertiary/aromatic N) is 1. The Kier molecular flexibility index (Phi) is 4.78. The Morgan fingerprint density at radius 1 is 1.61 bits per heavy atom. The van der Waals surface area contributed by atoms with Gasteiger partial charge < -0.3 is 10.6 Å². The maximum absolute atomic E-state index is 12.5. The van der Waals surface area contributed by atoms with Gasteiger partial charge in [-0.2, -0.15) is 11.3 Å². The predicted octanol–water partition coefficient (Wildman–Crippen LogP) is 2.61. The topological polar surface area (TPSA) is 46.3 Å². The van der Waals surface area contributed by atoms with E-state index in [0.29, 0.717) is 12.6 Å². The van der Waals surface area contributed by atoms with Crippen molar-refractivity contribution in [3.8, 4) is 0 Å². The molecule has 0 saturated heterocycles. The van der Waals surface area contributed by atoms with E-state index in [0.717, 1.165) is 32.2 Å². The minimum atomic E-state index is 0.00855. The van der Waals surface area contributed by atoms with Crippen LogP contribution in [-0.2, 0) is 11.3 Å². The summed E-state index contributed by atoms with van der Waals surface area (Å²) in [6, 6.07) is 2.56. The fourth-order valence-electron chi connectivity index (χ4n) is 2.28. The van der Waals surface area contributed by atoms with Gasteiger partial charge in [0.25, 0.3) is 0 Å². The van der Waals surface area contributed by atoms with E-state index in [-0.39, 0.29) is 11.8 Å². The summed E-state index contributed by atoms with van der Waals surface area (Å²) in [6.45, 7) is 3.34. The normalized spacial score (nSPS) is 16.6. The lowest BCUT2D eigenvalue weighted by Crippen LogP contribution is -2.40. The van der Waals surface area contributed by atoms with Crippen LogP contribution in [0.2, 0.25) is 0 Å². The van der Waals surface area contributed by atoms with E-state index in [1.54, 1.807) is 11.3 Å². The summed E-state index contributed by atoms with van der Waals surface area (Å²) in [5.74, 6) is 0.266. The molecular weight excluding hydrogens is 244 g/mol. The molecule has 18 heavy (non-hydrogen) atoms. The lowest BCUT2D eigenvalue weighted by Gasteiger charge is -2.26. The fourth-order valence-corrected chi connectivity index (χ4v) is 2.94. The van der Waals surface area contributed by atoms with Crippen molar-refractivity contribution in [1.82, 2.24) is 4.90 Å². The first-order valence-electron chi connectivity index (χ1n) is 6.77. The minimum Gasteiger partial charge on any atom is -0.335 e. The second kappa shape index (κ2) is 6.34. The van der Waals surface area contributed by atoms with Gasteiger partial charge in [-0.25, -0.2) is 0 Å². The van der Waals surface area contributed by atoms with E-state index in [9.17, 15) is 4.79 Å². The standard InChI is InChI=1S/C14H22N2OS/c1-2-3-12(8-15)14(17)16(13-4-5-13)9-11-6-7-18-10-11/h6-7,10,12-13H,2-5,8-9,15H2,1H3. The van der Waals surface area contributed by atoms with Crippen LogP contribution in [0.1, 0.15) is 38.2 Å². The number of carbonyl (C=O) groups excluding carboxylic acids is 1. The van der Waals surface area contributed by atoms with Crippen molar-refractivity contribution in [2.75, 3.05) is 6.54 Å². The number of carbonyl (C=O) groups is 1. The number of thiophene rings is 1. The summed E-state index contributed by atoms with van der Waals surface area (Å²) in [4.78, 5) is 14.6. The van der Waals surface area contributed by atoms with E-state index >= 15 is 0 Å². The van der Waals surface area contributed by atoms with Crippen LogP contribution in [0.25, 0.3) is 0 Å². The van der Waals surface area contributed by atoms with E-state index in [1.165, 1.54) is 5.56 Å².